The van der Waals surface area contributed by atoms with Crippen LogP contribution in [0.1, 0.15) is 53.1 Å². The van der Waals surface area contributed by atoms with Gasteiger partial charge in [-0.25, -0.2) is 18.1 Å². The first-order valence-electron chi connectivity index (χ1n) is 10.4. The summed E-state index contributed by atoms with van der Waals surface area (Å²) < 4.78 is 42.3. The summed E-state index contributed by atoms with van der Waals surface area (Å²) in [5, 5.41) is -0.580. The van der Waals surface area contributed by atoms with E-state index in [1.165, 1.54) is 0 Å². The van der Waals surface area contributed by atoms with Crippen molar-refractivity contribution in [2.75, 3.05) is 12.3 Å². The Kier molecular flexibility index (Phi) is 5.72. The van der Waals surface area contributed by atoms with E-state index in [9.17, 15) is 17.6 Å². The number of nitrogens with two attached hydrogens (primary N) is 1. The van der Waals surface area contributed by atoms with Crippen LogP contribution in [0, 0.1) is 13.0 Å². The van der Waals surface area contributed by atoms with E-state index in [-0.39, 0.29) is 35.9 Å². The van der Waals surface area contributed by atoms with E-state index in [1.807, 2.05) is 19.1 Å². The van der Waals surface area contributed by atoms with Crippen LogP contribution in [0.15, 0.2) is 12.1 Å². The molecule has 3 N–H and O–H groups in total. The number of carbonyl (C=O) groups is 1. The van der Waals surface area contributed by atoms with Crippen LogP contribution in [-0.2, 0) is 29.4 Å². The minimum atomic E-state index is -3.47. The maximum absolute atomic E-state index is 13.9. The van der Waals surface area contributed by atoms with Gasteiger partial charge in [0.2, 0.25) is 10.0 Å². The van der Waals surface area contributed by atoms with Crippen LogP contribution in [0.25, 0.3) is 11.2 Å². The Labute approximate surface area is 185 Å². The molecule has 0 amide bonds. The van der Waals surface area contributed by atoms with Gasteiger partial charge >= 0.3 is 6.08 Å². The molecule has 170 valence electrons. The van der Waals surface area contributed by atoms with Crippen molar-refractivity contribution in [3.05, 3.63) is 46.3 Å². The number of fused-ring (bicyclic) bond motifs is 2. The lowest BCUT2D eigenvalue weighted by Gasteiger charge is -2.13. The molecule has 0 aliphatic heterocycles. The van der Waals surface area contributed by atoms with Crippen molar-refractivity contribution < 1.29 is 17.6 Å². The van der Waals surface area contributed by atoms with E-state index in [2.05, 4.69) is 19.7 Å². The van der Waals surface area contributed by atoms with E-state index >= 15 is 0 Å². The Bertz CT molecular complexity index is 1330. The van der Waals surface area contributed by atoms with Gasteiger partial charge in [-0.3, -0.25) is 4.79 Å². The van der Waals surface area contributed by atoms with Gasteiger partial charge in [-0.2, -0.15) is 14.4 Å². The molecule has 2 aromatic heterocycles. The monoisotopic (exact) mass is 460 g/mol. The van der Waals surface area contributed by atoms with E-state index in [0.29, 0.717) is 18.7 Å². The predicted molar refractivity (Wildman–Crippen MR) is 118 cm³/mol. The molecule has 0 spiro atoms. The number of imidazole rings is 1. The molecule has 32 heavy (non-hydrogen) atoms. The van der Waals surface area contributed by atoms with Gasteiger partial charge in [0.25, 0.3) is 0 Å². The Balaban J connectivity index is 1.73. The molecule has 2 heterocycles. The highest BCUT2D eigenvalue weighted by Crippen LogP contribution is 2.28. The van der Waals surface area contributed by atoms with Crippen LogP contribution < -0.4 is 10.5 Å². The smallest absolute Gasteiger partial charge is 0.312 e. The largest absolute Gasteiger partial charge is 0.382 e. The zero-order chi connectivity index (χ0) is 23.2. The highest BCUT2D eigenvalue weighted by Gasteiger charge is 2.23. The summed E-state index contributed by atoms with van der Waals surface area (Å²) in [5.41, 5.74) is 10.0. The third kappa shape index (κ3) is 4.09. The topological polar surface area (TPSA) is 133 Å². The summed E-state index contributed by atoms with van der Waals surface area (Å²) in [6.07, 6.45) is 0.624. The number of rotatable bonds is 7. The number of anilines is 1. The highest BCUT2D eigenvalue weighted by molar-refractivity contribution is 7.90. The normalized spacial score (nSPS) is 14.0. The summed E-state index contributed by atoms with van der Waals surface area (Å²) in [4.78, 5) is 24.1. The number of Topliss-reactive ketones (excluding diaryl/α,β-unsaturated/α-hetero) is 1. The number of aryl methyl sites for hydroxylation is 2. The average Bonchev–Trinajstić information content (AvgIpc) is 3.23. The standard InChI is InChI=1S/C21H25FN6O3S/c1-11(2)32(30,31)24-6-7-28-17(25-18-19(23)26-21(22)27-20(18)28)10-14-9-15-13(8-12(14)3)4-5-16(15)29/h8-9,11,24H,4-7,10H2,1-3H3,(H2,23,26,27). The van der Waals surface area contributed by atoms with Gasteiger partial charge in [0.05, 0.1) is 5.25 Å². The fraction of sp³-hybridized carbons (Fsp3) is 0.429. The molecule has 0 saturated heterocycles. The first-order chi connectivity index (χ1) is 15.1. The number of hydrogen-bond donors (Lipinski definition) is 2. The minimum Gasteiger partial charge on any atom is -0.382 e. The van der Waals surface area contributed by atoms with Crippen LogP contribution in [0.4, 0.5) is 10.2 Å². The Morgan fingerprint density at radius 1 is 1.22 bits per heavy atom. The fourth-order valence-corrected chi connectivity index (χ4v) is 4.61. The number of nitrogens with zero attached hydrogens (tertiary/aromatic N) is 4. The van der Waals surface area contributed by atoms with Gasteiger partial charge < -0.3 is 10.3 Å². The van der Waals surface area contributed by atoms with Gasteiger partial charge in [0, 0.05) is 31.5 Å². The van der Waals surface area contributed by atoms with Gasteiger partial charge in [0.1, 0.15) is 5.82 Å². The van der Waals surface area contributed by atoms with E-state index in [4.69, 9.17) is 5.73 Å². The van der Waals surface area contributed by atoms with Crippen molar-refractivity contribution in [1.29, 1.82) is 0 Å². The van der Waals surface area contributed by atoms with E-state index in [1.54, 1.807) is 18.4 Å². The van der Waals surface area contributed by atoms with Gasteiger partial charge in [-0.05, 0) is 49.9 Å². The maximum atomic E-state index is 13.9. The summed E-state index contributed by atoms with van der Waals surface area (Å²) in [5.74, 6) is 0.565. The number of halogens is 1. The maximum Gasteiger partial charge on any atom is 0.312 e. The highest BCUT2D eigenvalue weighted by atomic mass is 32.2. The molecule has 3 aromatic rings. The van der Waals surface area contributed by atoms with Crippen LogP contribution in [-0.4, -0.2) is 45.5 Å². The summed E-state index contributed by atoms with van der Waals surface area (Å²) in [6, 6.07) is 3.91. The van der Waals surface area contributed by atoms with E-state index in [0.717, 1.165) is 28.7 Å². The molecule has 0 bridgehead atoms. The van der Waals surface area contributed by atoms with Crippen molar-refractivity contribution in [2.24, 2.45) is 0 Å². The fourth-order valence-electron chi connectivity index (χ4n) is 3.90. The number of aromatic nitrogens is 4. The molecule has 0 unspecified atom stereocenters. The predicted octanol–water partition coefficient (Wildman–Crippen LogP) is 1.90. The molecular formula is C21H25FN6O3S. The molecule has 1 aromatic carbocycles. The lowest BCUT2D eigenvalue weighted by molar-refractivity contribution is 0.0994. The molecule has 1 aliphatic carbocycles. The van der Waals surface area contributed by atoms with Crippen LogP contribution in [0.5, 0.6) is 0 Å². The first kappa shape index (κ1) is 22.3. The molecule has 0 fully saturated rings. The van der Waals surface area contributed by atoms with Crippen molar-refractivity contribution in [2.45, 2.75) is 51.8 Å². The van der Waals surface area contributed by atoms with Crippen LogP contribution in [0.2, 0.25) is 0 Å². The first-order valence-corrected chi connectivity index (χ1v) is 11.9. The third-order valence-corrected chi connectivity index (χ3v) is 7.61. The summed E-state index contributed by atoms with van der Waals surface area (Å²) in [6.45, 7) is 5.39. The Morgan fingerprint density at radius 3 is 2.69 bits per heavy atom. The lowest BCUT2D eigenvalue weighted by atomic mass is 9.98. The number of ketones is 1. The molecule has 1 aliphatic rings. The molecular weight excluding hydrogens is 435 g/mol. The number of nitrogen functional groups attached to an aromatic ring is 1. The van der Waals surface area contributed by atoms with Crippen LogP contribution >= 0.6 is 0 Å². The molecule has 4 rings (SSSR count). The zero-order valence-electron chi connectivity index (χ0n) is 18.1. The third-order valence-electron chi connectivity index (χ3n) is 5.76. The zero-order valence-corrected chi connectivity index (χ0v) is 19.0. The average molecular weight is 461 g/mol. The molecule has 9 nitrogen and oxygen atoms in total. The van der Waals surface area contributed by atoms with Gasteiger partial charge in [-0.1, -0.05) is 6.07 Å². The van der Waals surface area contributed by atoms with E-state index < -0.39 is 21.4 Å². The summed E-state index contributed by atoms with van der Waals surface area (Å²) >= 11 is 0. The molecule has 0 atom stereocenters. The van der Waals surface area contributed by atoms with Crippen LogP contribution in [0.3, 0.4) is 0 Å². The number of nitrogens with one attached hydrogen (secondary N) is 1. The Morgan fingerprint density at radius 2 is 1.97 bits per heavy atom. The Hall–Kier alpha value is -2.92. The van der Waals surface area contributed by atoms with Gasteiger partial charge in [0.15, 0.2) is 22.8 Å². The quantitative estimate of drug-likeness (QED) is 0.515. The number of carbonyl (C=O) groups excluding carboxylic acids is 1. The lowest BCUT2D eigenvalue weighted by Crippen LogP contribution is -2.33. The molecule has 11 heteroatoms. The van der Waals surface area contributed by atoms with Crippen molar-refractivity contribution in [3.8, 4) is 0 Å². The number of benzene rings is 1. The number of sulfonamides is 1. The SMILES string of the molecule is Cc1cc2c(cc1Cc1nc3c(N)nc(F)nc3n1CCNS(=O)(=O)C(C)C)C(=O)CC2. The van der Waals surface area contributed by atoms with Crippen molar-refractivity contribution in [3.63, 3.8) is 0 Å². The second-order valence-corrected chi connectivity index (χ2v) is 10.6. The number of hydrogen-bond acceptors (Lipinski definition) is 7. The molecule has 0 saturated carbocycles. The second kappa shape index (κ2) is 8.21. The molecule has 0 radical (unpaired) electrons. The summed E-state index contributed by atoms with van der Waals surface area (Å²) in [7, 11) is -3.47. The minimum absolute atomic E-state index is 0.0756. The van der Waals surface area contributed by atoms with Crippen molar-refractivity contribution >= 4 is 32.8 Å². The van der Waals surface area contributed by atoms with Gasteiger partial charge in [-0.15, -0.1) is 0 Å². The second-order valence-electron chi connectivity index (χ2n) is 8.25. The van der Waals surface area contributed by atoms with Crippen molar-refractivity contribution in [1.82, 2.24) is 24.2 Å².